The van der Waals surface area contributed by atoms with Crippen molar-refractivity contribution < 1.29 is 18.4 Å². The fourth-order valence-corrected chi connectivity index (χ4v) is 2.45. The molecule has 2 fully saturated rings. The van der Waals surface area contributed by atoms with E-state index in [0.717, 1.165) is 17.7 Å². The molecule has 2 atom stereocenters. The number of hydrogen-bond donors (Lipinski definition) is 1. The van der Waals surface area contributed by atoms with E-state index in [-0.39, 0.29) is 17.7 Å². The molecule has 102 valence electrons. The van der Waals surface area contributed by atoms with Crippen molar-refractivity contribution in [2.75, 3.05) is 6.54 Å². The summed E-state index contributed by atoms with van der Waals surface area (Å²) in [5, 5.41) is 2.69. The fourth-order valence-electron chi connectivity index (χ4n) is 2.45. The summed E-state index contributed by atoms with van der Waals surface area (Å²) in [4.78, 5) is 25.4. The highest BCUT2D eigenvalue weighted by atomic mass is 19.3. The Labute approximate surface area is 105 Å². The van der Waals surface area contributed by atoms with Gasteiger partial charge in [0.05, 0.1) is 6.54 Å². The topological polar surface area (TPSA) is 49.4 Å². The van der Waals surface area contributed by atoms with Gasteiger partial charge in [-0.15, -0.1) is 0 Å². The van der Waals surface area contributed by atoms with Crippen LogP contribution in [0.15, 0.2) is 0 Å². The molecule has 2 rings (SSSR count). The van der Waals surface area contributed by atoms with E-state index < -0.39 is 24.6 Å². The first-order valence-corrected chi connectivity index (χ1v) is 6.30. The minimum atomic E-state index is -2.61. The predicted octanol–water partition coefficient (Wildman–Crippen LogP) is 1.16. The predicted molar refractivity (Wildman–Crippen MR) is 61.1 cm³/mol. The second-order valence-electron chi connectivity index (χ2n) is 5.31. The Bertz CT molecular complexity index is 371. The third kappa shape index (κ3) is 2.20. The molecule has 1 aliphatic carbocycles. The zero-order valence-electron chi connectivity index (χ0n) is 10.6. The molecule has 0 aromatic rings. The molecule has 2 unspecified atom stereocenters. The van der Waals surface area contributed by atoms with E-state index in [1.165, 1.54) is 0 Å². The lowest BCUT2D eigenvalue weighted by Gasteiger charge is -2.44. The van der Waals surface area contributed by atoms with Gasteiger partial charge in [-0.2, -0.15) is 0 Å². The molecule has 1 saturated heterocycles. The number of alkyl halides is 2. The van der Waals surface area contributed by atoms with Crippen molar-refractivity contribution in [3.05, 3.63) is 0 Å². The van der Waals surface area contributed by atoms with Gasteiger partial charge < -0.3 is 10.2 Å². The van der Waals surface area contributed by atoms with Crippen LogP contribution < -0.4 is 5.32 Å². The monoisotopic (exact) mass is 260 g/mol. The molecule has 1 aliphatic heterocycles. The SMILES string of the molecule is CCC1(C)NC(=O)C(C2CC2)N(CC(F)F)C1=O. The first-order valence-electron chi connectivity index (χ1n) is 6.30. The lowest BCUT2D eigenvalue weighted by molar-refractivity contribution is -0.157. The van der Waals surface area contributed by atoms with E-state index in [1.807, 2.05) is 0 Å². The third-order valence-electron chi connectivity index (χ3n) is 3.85. The number of carbonyl (C=O) groups excluding carboxylic acids is 2. The van der Waals surface area contributed by atoms with Crippen molar-refractivity contribution >= 4 is 11.8 Å². The number of hydrogen-bond acceptors (Lipinski definition) is 2. The second-order valence-corrected chi connectivity index (χ2v) is 5.31. The van der Waals surface area contributed by atoms with Crippen molar-refractivity contribution in [1.82, 2.24) is 10.2 Å². The van der Waals surface area contributed by atoms with Crippen molar-refractivity contribution in [1.29, 1.82) is 0 Å². The van der Waals surface area contributed by atoms with Crippen LogP contribution in [0.1, 0.15) is 33.1 Å². The number of rotatable bonds is 4. The summed E-state index contributed by atoms with van der Waals surface area (Å²) in [5.74, 6) is -0.627. The van der Waals surface area contributed by atoms with E-state index in [2.05, 4.69) is 5.32 Å². The van der Waals surface area contributed by atoms with Crippen LogP contribution in [0.3, 0.4) is 0 Å². The zero-order chi connectivity index (χ0) is 13.5. The maximum absolute atomic E-state index is 12.6. The van der Waals surface area contributed by atoms with E-state index in [9.17, 15) is 18.4 Å². The maximum atomic E-state index is 12.6. The highest BCUT2D eigenvalue weighted by Crippen LogP contribution is 2.38. The second kappa shape index (κ2) is 4.48. The average Bonchev–Trinajstić information content (AvgIpc) is 3.09. The first kappa shape index (κ1) is 13.2. The first-order chi connectivity index (χ1) is 8.39. The number of nitrogens with one attached hydrogen (secondary N) is 1. The number of nitrogens with zero attached hydrogens (tertiary/aromatic N) is 1. The highest BCUT2D eigenvalue weighted by Gasteiger charge is 2.52. The maximum Gasteiger partial charge on any atom is 0.255 e. The van der Waals surface area contributed by atoms with E-state index in [1.54, 1.807) is 13.8 Å². The van der Waals surface area contributed by atoms with E-state index in [4.69, 9.17) is 0 Å². The normalized spacial score (nSPS) is 32.9. The Morgan fingerprint density at radius 3 is 2.50 bits per heavy atom. The summed E-state index contributed by atoms with van der Waals surface area (Å²) in [7, 11) is 0. The van der Waals surface area contributed by atoms with Gasteiger partial charge >= 0.3 is 0 Å². The molecule has 1 saturated carbocycles. The van der Waals surface area contributed by atoms with Gasteiger partial charge in [0.1, 0.15) is 11.6 Å². The fraction of sp³-hybridized carbons (Fsp3) is 0.833. The van der Waals surface area contributed by atoms with Crippen molar-refractivity contribution in [2.45, 2.75) is 51.1 Å². The zero-order valence-corrected chi connectivity index (χ0v) is 10.6. The third-order valence-corrected chi connectivity index (χ3v) is 3.85. The molecule has 0 radical (unpaired) electrons. The highest BCUT2D eigenvalue weighted by molar-refractivity contribution is 5.99. The van der Waals surface area contributed by atoms with Gasteiger partial charge in [-0.1, -0.05) is 6.92 Å². The molecule has 1 N–H and O–H groups in total. The molecular weight excluding hydrogens is 242 g/mol. The van der Waals surface area contributed by atoms with Crippen LogP contribution in [0, 0.1) is 5.92 Å². The van der Waals surface area contributed by atoms with Gasteiger partial charge in [0, 0.05) is 0 Å². The molecule has 0 aromatic carbocycles. The van der Waals surface area contributed by atoms with E-state index in [0.29, 0.717) is 6.42 Å². The van der Waals surface area contributed by atoms with Gasteiger partial charge in [0.2, 0.25) is 11.8 Å². The summed E-state index contributed by atoms with van der Waals surface area (Å²) in [6.07, 6.45) is -0.557. The van der Waals surface area contributed by atoms with Gasteiger partial charge in [-0.05, 0) is 32.1 Å². The quantitative estimate of drug-likeness (QED) is 0.824. The Kier molecular flexibility index (Phi) is 3.29. The van der Waals surface area contributed by atoms with Crippen LogP contribution in [0.4, 0.5) is 8.78 Å². The van der Waals surface area contributed by atoms with Crippen LogP contribution in [-0.2, 0) is 9.59 Å². The Hall–Kier alpha value is -1.20. The minimum absolute atomic E-state index is 0.0501. The summed E-state index contributed by atoms with van der Waals surface area (Å²) < 4.78 is 25.2. The number of piperazine rings is 1. The number of carbonyl (C=O) groups is 2. The average molecular weight is 260 g/mol. The molecule has 2 aliphatic rings. The molecule has 1 heterocycles. The summed E-state index contributed by atoms with van der Waals surface area (Å²) in [6, 6.07) is -0.703. The van der Waals surface area contributed by atoms with Crippen molar-refractivity contribution in [3.8, 4) is 0 Å². The molecule has 2 amide bonds. The van der Waals surface area contributed by atoms with E-state index >= 15 is 0 Å². The Morgan fingerprint density at radius 1 is 1.44 bits per heavy atom. The van der Waals surface area contributed by atoms with Crippen LogP contribution >= 0.6 is 0 Å². The summed E-state index contributed by atoms with van der Waals surface area (Å²) in [5.41, 5.74) is -1.04. The number of halogens is 2. The van der Waals surface area contributed by atoms with Gasteiger partial charge in [0.15, 0.2) is 0 Å². The Morgan fingerprint density at radius 2 is 2.06 bits per heavy atom. The van der Waals surface area contributed by atoms with Gasteiger partial charge in [0.25, 0.3) is 6.43 Å². The molecule has 4 nitrogen and oxygen atoms in total. The molecule has 0 bridgehead atoms. The van der Waals surface area contributed by atoms with Gasteiger partial charge in [-0.25, -0.2) is 8.78 Å². The number of amides is 2. The molecule has 0 aromatic heterocycles. The summed E-state index contributed by atoms with van der Waals surface area (Å²) >= 11 is 0. The molecule has 18 heavy (non-hydrogen) atoms. The summed E-state index contributed by atoms with van der Waals surface area (Å²) in [6.45, 7) is 2.70. The standard InChI is InChI=1S/C12H18F2N2O2/c1-3-12(2)11(18)16(6-8(13)14)9(7-4-5-7)10(17)15-12/h7-9H,3-6H2,1-2H3,(H,15,17). The van der Waals surface area contributed by atoms with Crippen LogP contribution in [0.2, 0.25) is 0 Å². The molecule has 0 spiro atoms. The Balaban J connectivity index is 2.26. The lowest BCUT2D eigenvalue weighted by atomic mass is 9.90. The van der Waals surface area contributed by atoms with Crippen molar-refractivity contribution in [3.63, 3.8) is 0 Å². The smallest absolute Gasteiger partial charge is 0.255 e. The van der Waals surface area contributed by atoms with Crippen LogP contribution in [0.25, 0.3) is 0 Å². The largest absolute Gasteiger partial charge is 0.340 e. The molecular formula is C12H18F2N2O2. The van der Waals surface area contributed by atoms with Crippen LogP contribution in [-0.4, -0.2) is 41.3 Å². The lowest BCUT2D eigenvalue weighted by Crippen LogP contribution is -2.70. The van der Waals surface area contributed by atoms with Crippen molar-refractivity contribution in [2.24, 2.45) is 5.92 Å². The van der Waals surface area contributed by atoms with Gasteiger partial charge in [-0.3, -0.25) is 9.59 Å². The van der Waals surface area contributed by atoms with Crippen LogP contribution in [0.5, 0.6) is 0 Å². The molecule has 6 heteroatoms. The minimum Gasteiger partial charge on any atom is -0.340 e.